The Balaban J connectivity index is 1.37. The van der Waals surface area contributed by atoms with E-state index in [0.29, 0.717) is 12.1 Å². The average Bonchev–Trinajstić information content (AvgIpc) is 3.25. The van der Waals surface area contributed by atoms with Gasteiger partial charge in [-0.3, -0.25) is 14.7 Å². The Morgan fingerprint density at radius 2 is 2.04 bits per heavy atom. The molecule has 0 saturated carbocycles. The summed E-state index contributed by atoms with van der Waals surface area (Å²) in [6.07, 6.45) is 7.96. The Labute approximate surface area is 159 Å². The van der Waals surface area contributed by atoms with Gasteiger partial charge in [0.1, 0.15) is 6.26 Å². The van der Waals surface area contributed by atoms with Crippen molar-refractivity contribution in [3.8, 4) is 0 Å². The maximum atomic E-state index is 12.6. The van der Waals surface area contributed by atoms with Gasteiger partial charge in [0.2, 0.25) is 0 Å². The summed E-state index contributed by atoms with van der Waals surface area (Å²) in [7, 11) is 0. The van der Waals surface area contributed by atoms with Gasteiger partial charge in [-0.2, -0.15) is 0 Å². The normalized spacial score (nSPS) is 22.9. The van der Waals surface area contributed by atoms with Crippen molar-refractivity contribution in [2.75, 3.05) is 32.8 Å². The highest BCUT2D eigenvalue weighted by atomic mass is 16.3. The molecule has 1 amide bonds. The highest BCUT2D eigenvalue weighted by Gasteiger charge is 2.45. The van der Waals surface area contributed by atoms with Crippen LogP contribution in [0.2, 0.25) is 0 Å². The first kappa shape index (κ1) is 18.2. The van der Waals surface area contributed by atoms with Gasteiger partial charge in [0.15, 0.2) is 0 Å². The number of carbonyl (C=O) groups is 1. The van der Waals surface area contributed by atoms with Crippen LogP contribution in [0.3, 0.4) is 0 Å². The predicted octanol–water partition coefficient (Wildman–Crippen LogP) is 2.41. The molecule has 6 nitrogen and oxygen atoms in total. The number of rotatable bonds is 4. The second-order valence-electron chi connectivity index (χ2n) is 7.85. The van der Waals surface area contributed by atoms with Crippen LogP contribution in [-0.2, 0) is 6.54 Å². The molecule has 1 N–H and O–H groups in total. The molecule has 2 aliphatic heterocycles. The van der Waals surface area contributed by atoms with E-state index in [9.17, 15) is 9.90 Å². The maximum Gasteiger partial charge on any atom is 0.257 e. The van der Waals surface area contributed by atoms with Gasteiger partial charge in [-0.05, 0) is 56.0 Å². The van der Waals surface area contributed by atoms with E-state index in [-0.39, 0.29) is 23.8 Å². The quantitative estimate of drug-likeness (QED) is 0.896. The van der Waals surface area contributed by atoms with Crippen molar-refractivity contribution in [3.63, 3.8) is 0 Å². The number of pyridine rings is 1. The van der Waals surface area contributed by atoms with Crippen molar-refractivity contribution in [1.29, 1.82) is 0 Å². The van der Waals surface area contributed by atoms with Crippen molar-refractivity contribution in [2.24, 2.45) is 11.3 Å². The van der Waals surface area contributed by atoms with Gasteiger partial charge in [0, 0.05) is 38.4 Å². The van der Waals surface area contributed by atoms with Crippen molar-refractivity contribution in [1.82, 2.24) is 14.8 Å². The minimum Gasteiger partial charge on any atom is -0.472 e. The highest BCUT2D eigenvalue weighted by molar-refractivity contribution is 5.93. The fourth-order valence-corrected chi connectivity index (χ4v) is 4.65. The van der Waals surface area contributed by atoms with Crippen molar-refractivity contribution < 1.29 is 14.3 Å². The zero-order valence-electron chi connectivity index (χ0n) is 15.6. The molecule has 0 aliphatic carbocycles. The molecule has 0 radical (unpaired) electrons. The average molecular weight is 369 g/mol. The smallest absolute Gasteiger partial charge is 0.257 e. The lowest BCUT2D eigenvalue weighted by Gasteiger charge is -2.51. The summed E-state index contributed by atoms with van der Waals surface area (Å²) in [5, 5.41) is 10.1. The molecule has 1 atom stereocenters. The van der Waals surface area contributed by atoms with Crippen LogP contribution in [0.4, 0.5) is 0 Å². The fraction of sp³-hybridized carbons (Fsp3) is 0.524. The van der Waals surface area contributed by atoms with E-state index in [2.05, 4.69) is 16.0 Å². The van der Waals surface area contributed by atoms with Gasteiger partial charge in [-0.15, -0.1) is 0 Å². The molecule has 2 fully saturated rings. The Bertz CT molecular complexity index is 739. The van der Waals surface area contributed by atoms with E-state index in [4.69, 9.17) is 4.42 Å². The number of hydrogen-bond donors (Lipinski definition) is 1. The first-order valence-corrected chi connectivity index (χ1v) is 9.75. The standard InChI is InChI=1S/C21H27N3O3/c25-15-18-13-24(20(26)17-4-12-27-16-17)11-7-21(18)5-9-23(10-6-21)14-19-3-1-2-8-22-19/h1-4,8,12,16,18,25H,5-7,9-11,13-15H2/t18-/m0/s1. The Morgan fingerprint density at radius 1 is 1.22 bits per heavy atom. The number of furan rings is 1. The Hall–Kier alpha value is -2.18. The van der Waals surface area contributed by atoms with Crippen molar-refractivity contribution >= 4 is 5.91 Å². The molecule has 0 aromatic carbocycles. The number of aromatic nitrogens is 1. The lowest BCUT2D eigenvalue weighted by atomic mass is 9.64. The van der Waals surface area contributed by atoms with E-state index in [1.807, 2.05) is 23.2 Å². The Kier molecular flexibility index (Phi) is 5.27. The van der Waals surface area contributed by atoms with Gasteiger partial charge in [0.25, 0.3) is 5.91 Å². The van der Waals surface area contributed by atoms with Crippen LogP contribution < -0.4 is 0 Å². The van der Waals surface area contributed by atoms with Crippen molar-refractivity contribution in [2.45, 2.75) is 25.8 Å². The second kappa shape index (κ2) is 7.82. The summed E-state index contributed by atoms with van der Waals surface area (Å²) in [5.74, 6) is 0.142. The number of likely N-dealkylation sites (tertiary alicyclic amines) is 2. The molecular formula is C21H27N3O3. The first-order valence-electron chi connectivity index (χ1n) is 9.75. The third-order valence-corrected chi connectivity index (χ3v) is 6.43. The number of piperidine rings is 2. The monoisotopic (exact) mass is 369 g/mol. The molecule has 2 saturated heterocycles. The Morgan fingerprint density at radius 3 is 2.70 bits per heavy atom. The number of nitrogens with zero attached hydrogens (tertiary/aromatic N) is 3. The summed E-state index contributed by atoms with van der Waals surface area (Å²) in [5.41, 5.74) is 1.84. The summed E-state index contributed by atoms with van der Waals surface area (Å²) < 4.78 is 5.04. The predicted molar refractivity (Wildman–Crippen MR) is 101 cm³/mol. The topological polar surface area (TPSA) is 69.8 Å². The number of amides is 1. The summed E-state index contributed by atoms with van der Waals surface area (Å²) in [6.45, 7) is 4.42. The van der Waals surface area contributed by atoms with Crippen LogP contribution in [0, 0.1) is 11.3 Å². The second-order valence-corrected chi connectivity index (χ2v) is 7.85. The number of hydrogen-bond acceptors (Lipinski definition) is 5. The van der Waals surface area contributed by atoms with Gasteiger partial charge in [-0.1, -0.05) is 6.07 Å². The van der Waals surface area contributed by atoms with E-state index in [1.54, 1.807) is 6.07 Å². The minimum atomic E-state index is 0.00429. The molecule has 2 aliphatic rings. The summed E-state index contributed by atoms with van der Waals surface area (Å²) in [4.78, 5) is 21.4. The van der Waals surface area contributed by atoms with Crippen molar-refractivity contribution in [3.05, 3.63) is 54.2 Å². The maximum absolute atomic E-state index is 12.6. The number of aliphatic hydroxyl groups is 1. The largest absolute Gasteiger partial charge is 0.472 e. The van der Waals surface area contributed by atoms with Crippen LogP contribution in [0.5, 0.6) is 0 Å². The molecule has 0 bridgehead atoms. The van der Waals surface area contributed by atoms with E-state index in [1.165, 1.54) is 12.5 Å². The lowest BCUT2D eigenvalue weighted by Crippen LogP contribution is -2.54. The SMILES string of the molecule is O=C(c1ccoc1)N1CCC2(CCN(Cc3ccccn3)CC2)[C@H](CO)C1. The van der Waals surface area contributed by atoms with E-state index >= 15 is 0 Å². The minimum absolute atomic E-state index is 0.00429. The molecule has 4 rings (SSSR count). The fourth-order valence-electron chi connectivity index (χ4n) is 4.65. The molecule has 6 heteroatoms. The zero-order valence-corrected chi connectivity index (χ0v) is 15.6. The summed E-state index contributed by atoms with van der Waals surface area (Å²) >= 11 is 0. The highest BCUT2D eigenvalue weighted by Crippen LogP contribution is 2.45. The molecule has 4 heterocycles. The molecule has 2 aromatic heterocycles. The van der Waals surface area contributed by atoms with Crippen LogP contribution in [-0.4, -0.2) is 58.6 Å². The van der Waals surface area contributed by atoms with Crippen LogP contribution in [0.15, 0.2) is 47.4 Å². The van der Waals surface area contributed by atoms with Crippen LogP contribution >= 0.6 is 0 Å². The molecular weight excluding hydrogens is 342 g/mol. The third kappa shape index (κ3) is 3.77. The van der Waals surface area contributed by atoms with Gasteiger partial charge >= 0.3 is 0 Å². The van der Waals surface area contributed by atoms with Crippen LogP contribution in [0.25, 0.3) is 0 Å². The van der Waals surface area contributed by atoms with Gasteiger partial charge < -0.3 is 14.4 Å². The molecule has 0 unspecified atom stereocenters. The number of aliphatic hydroxyl groups excluding tert-OH is 1. The van der Waals surface area contributed by atoms with E-state index < -0.39 is 0 Å². The van der Waals surface area contributed by atoms with Gasteiger partial charge in [-0.25, -0.2) is 0 Å². The first-order chi connectivity index (χ1) is 13.2. The van der Waals surface area contributed by atoms with E-state index in [0.717, 1.165) is 51.1 Å². The summed E-state index contributed by atoms with van der Waals surface area (Å²) in [6, 6.07) is 7.75. The van der Waals surface area contributed by atoms with Gasteiger partial charge in [0.05, 0.1) is 17.5 Å². The molecule has 27 heavy (non-hydrogen) atoms. The molecule has 144 valence electrons. The lowest BCUT2D eigenvalue weighted by molar-refractivity contribution is -0.0366. The van der Waals surface area contributed by atoms with Crippen LogP contribution in [0.1, 0.15) is 35.3 Å². The number of carbonyl (C=O) groups excluding carboxylic acids is 1. The molecule has 1 spiro atoms. The third-order valence-electron chi connectivity index (χ3n) is 6.43. The zero-order chi connectivity index (χ0) is 18.7. The molecule has 2 aromatic rings.